The Morgan fingerprint density at radius 1 is 1.09 bits per heavy atom. The molecule has 1 aliphatic carbocycles. The predicted molar refractivity (Wildman–Crippen MR) is 52.7 cm³/mol. The zero-order valence-electron chi connectivity index (χ0n) is 8.27. The molecule has 66 valence electrons. The summed E-state index contributed by atoms with van der Waals surface area (Å²) in [6, 6.07) is 0. The van der Waals surface area contributed by atoms with Gasteiger partial charge < -0.3 is 0 Å². The molecule has 0 aromatic heterocycles. The molecule has 0 N–H and O–H groups in total. The molecule has 0 spiro atoms. The molecule has 0 bridgehead atoms. The van der Waals surface area contributed by atoms with E-state index in [4.69, 9.17) is 0 Å². The third-order valence-corrected chi connectivity index (χ3v) is 2.54. The minimum atomic E-state index is 1.00. The molecule has 1 rings (SSSR count). The van der Waals surface area contributed by atoms with E-state index in [-0.39, 0.29) is 0 Å². The zero-order valence-corrected chi connectivity index (χ0v) is 8.27. The van der Waals surface area contributed by atoms with Crippen molar-refractivity contribution in [1.82, 2.24) is 0 Å². The normalized spacial score (nSPS) is 30.1. The molecule has 1 saturated carbocycles. The highest BCUT2D eigenvalue weighted by atomic mass is 14.2. The van der Waals surface area contributed by atoms with Gasteiger partial charge >= 0.3 is 0 Å². The highest BCUT2D eigenvalue weighted by Crippen LogP contribution is 2.28. The van der Waals surface area contributed by atoms with Crippen LogP contribution in [0.1, 0.15) is 46.5 Å². The summed E-state index contributed by atoms with van der Waals surface area (Å²) in [6.07, 6.45) is 7.65. The van der Waals surface area contributed by atoms with E-state index in [1.807, 2.05) is 6.92 Å². The lowest BCUT2D eigenvalue weighted by molar-refractivity contribution is 0.277. The van der Waals surface area contributed by atoms with Crippen molar-refractivity contribution in [2.75, 3.05) is 0 Å². The zero-order chi connectivity index (χ0) is 8.69. The van der Waals surface area contributed by atoms with Gasteiger partial charge in [-0.2, -0.15) is 0 Å². The van der Waals surface area contributed by atoms with E-state index in [1.54, 1.807) is 6.08 Å². The van der Waals surface area contributed by atoms with Crippen molar-refractivity contribution < 1.29 is 0 Å². The summed E-state index contributed by atoms with van der Waals surface area (Å²) in [7, 11) is 0. The van der Waals surface area contributed by atoms with Crippen molar-refractivity contribution >= 4 is 0 Å². The topological polar surface area (TPSA) is 0 Å². The van der Waals surface area contributed by atoms with Crippen LogP contribution in [0.25, 0.3) is 0 Å². The summed E-state index contributed by atoms with van der Waals surface area (Å²) in [5.74, 6) is 2.01. The van der Waals surface area contributed by atoms with E-state index in [9.17, 15) is 0 Å². The van der Waals surface area contributed by atoms with Gasteiger partial charge in [-0.15, -0.1) is 6.58 Å². The van der Waals surface area contributed by atoms with Crippen LogP contribution in [-0.2, 0) is 0 Å². The Morgan fingerprint density at radius 2 is 1.36 bits per heavy atom. The number of rotatable bonds is 0. The third-order valence-electron chi connectivity index (χ3n) is 2.54. The van der Waals surface area contributed by atoms with Gasteiger partial charge in [0.05, 0.1) is 0 Å². The summed E-state index contributed by atoms with van der Waals surface area (Å²) >= 11 is 0. The molecule has 11 heavy (non-hydrogen) atoms. The summed E-state index contributed by atoms with van der Waals surface area (Å²) in [6.45, 7) is 10.0. The van der Waals surface area contributed by atoms with E-state index in [0.717, 1.165) is 11.8 Å². The Kier molecular flexibility index (Phi) is 6.30. The van der Waals surface area contributed by atoms with Crippen LogP contribution >= 0.6 is 0 Å². The van der Waals surface area contributed by atoms with Crippen molar-refractivity contribution in [2.45, 2.75) is 46.5 Å². The van der Waals surface area contributed by atoms with Crippen LogP contribution in [0, 0.1) is 11.8 Å². The molecule has 0 heteroatoms. The van der Waals surface area contributed by atoms with Gasteiger partial charge in [-0.05, 0) is 18.8 Å². The minimum absolute atomic E-state index is 1.00. The van der Waals surface area contributed by atoms with Crippen molar-refractivity contribution in [2.24, 2.45) is 11.8 Å². The fourth-order valence-corrected chi connectivity index (χ4v) is 1.50. The van der Waals surface area contributed by atoms with Gasteiger partial charge in [-0.3, -0.25) is 0 Å². The van der Waals surface area contributed by atoms with Crippen molar-refractivity contribution in [3.8, 4) is 0 Å². The first-order valence-electron chi connectivity index (χ1n) is 4.79. The van der Waals surface area contributed by atoms with Gasteiger partial charge in [0.2, 0.25) is 0 Å². The quantitative estimate of drug-likeness (QED) is 0.462. The average Bonchev–Trinajstić information content (AvgIpc) is 1.97. The van der Waals surface area contributed by atoms with Crippen LogP contribution in [0.3, 0.4) is 0 Å². The molecule has 0 heterocycles. The van der Waals surface area contributed by atoms with E-state index in [2.05, 4.69) is 20.4 Å². The maximum Gasteiger partial charge on any atom is -0.0417 e. The Labute approximate surface area is 71.7 Å². The summed E-state index contributed by atoms with van der Waals surface area (Å²) in [5.41, 5.74) is 0. The van der Waals surface area contributed by atoms with Crippen molar-refractivity contribution in [3.05, 3.63) is 12.7 Å². The first-order valence-corrected chi connectivity index (χ1v) is 4.79. The predicted octanol–water partition coefficient (Wildman–Crippen LogP) is 4.02. The average molecular weight is 154 g/mol. The first-order chi connectivity index (χ1) is 5.22. The van der Waals surface area contributed by atoms with Crippen LogP contribution in [0.5, 0.6) is 0 Å². The first kappa shape index (κ1) is 10.7. The summed E-state index contributed by atoms with van der Waals surface area (Å²) < 4.78 is 0. The second kappa shape index (κ2) is 6.45. The van der Waals surface area contributed by atoms with E-state index < -0.39 is 0 Å². The Hall–Kier alpha value is -0.260. The standard InChI is InChI=1S/C8H16.C3H6/c1-7-5-3-4-6-8(7)2;1-3-2/h7-8H,3-6H2,1-2H3;3H,1H2,2H3. The molecule has 0 amide bonds. The van der Waals surface area contributed by atoms with E-state index in [1.165, 1.54) is 25.7 Å². The van der Waals surface area contributed by atoms with E-state index >= 15 is 0 Å². The lowest BCUT2D eigenvalue weighted by Gasteiger charge is -2.24. The molecule has 0 aromatic rings. The van der Waals surface area contributed by atoms with E-state index in [0.29, 0.717) is 0 Å². The van der Waals surface area contributed by atoms with Crippen LogP contribution in [0.15, 0.2) is 12.7 Å². The highest BCUT2D eigenvalue weighted by molar-refractivity contribution is 4.67. The Bertz CT molecular complexity index is 84.2. The number of allylic oxidation sites excluding steroid dienone is 1. The monoisotopic (exact) mass is 154 g/mol. The minimum Gasteiger partial charge on any atom is -0.103 e. The second-order valence-corrected chi connectivity index (χ2v) is 3.65. The van der Waals surface area contributed by atoms with Crippen LogP contribution < -0.4 is 0 Å². The van der Waals surface area contributed by atoms with Crippen LogP contribution in [0.2, 0.25) is 0 Å². The fourth-order valence-electron chi connectivity index (χ4n) is 1.50. The molecular formula is C11H22. The maximum atomic E-state index is 3.36. The Balaban J connectivity index is 0.000000292. The molecule has 1 aliphatic rings. The second-order valence-electron chi connectivity index (χ2n) is 3.65. The fraction of sp³-hybridized carbons (Fsp3) is 0.818. The number of hydrogen-bond acceptors (Lipinski definition) is 0. The van der Waals surface area contributed by atoms with Gasteiger partial charge in [0.25, 0.3) is 0 Å². The molecule has 2 atom stereocenters. The summed E-state index contributed by atoms with van der Waals surface area (Å²) in [4.78, 5) is 0. The molecular weight excluding hydrogens is 132 g/mol. The van der Waals surface area contributed by atoms with Gasteiger partial charge in [-0.1, -0.05) is 45.6 Å². The Morgan fingerprint density at radius 3 is 1.55 bits per heavy atom. The third kappa shape index (κ3) is 5.06. The lowest BCUT2D eigenvalue weighted by atomic mass is 9.82. The largest absolute Gasteiger partial charge is 0.103 e. The van der Waals surface area contributed by atoms with Crippen LogP contribution in [-0.4, -0.2) is 0 Å². The summed E-state index contributed by atoms with van der Waals surface area (Å²) in [5, 5.41) is 0. The smallest absolute Gasteiger partial charge is 0.0417 e. The molecule has 0 radical (unpaired) electrons. The van der Waals surface area contributed by atoms with Gasteiger partial charge in [0, 0.05) is 0 Å². The SMILES string of the molecule is C=CC.CC1CCCCC1C. The molecule has 0 aromatic carbocycles. The van der Waals surface area contributed by atoms with Crippen LogP contribution in [0.4, 0.5) is 0 Å². The van der Waals surface area contributed by atoms with Gasteiger partial charge in [-0.25, -0.2) is 0 Å². The van der Waals surface area contributed by atoms with Crippen molar-refractivity contribution in [3.63, 3.8) is 0 Å². The molecule has 0 nitrogen and oxygen atoms in total. The highest BCUT2D eigenvalue weighted by Gasteiger charge is 2.15. The molecule has 0 aliphatic heterocycles. The lowest BCUT2D eigenvalue weighted by Crippen LogP contribution is -2.12. The van der Waals surface area contributed by atoms with Crippen molar-refractivity contribution in [1.29, 1.82) is 0 Å². The maximum absolute atomic E-state index is 3.36. The number of hydrogen-bond donors (Lipinski definition) is 0. The molecule has 0 saturated heterocycles. The molecule has 1 fully saturated rings. The van der Waals surface area contributed by atoms with Gasteiger partial charge in [0.15, 0.2) is 0 Å². The van der Waals surface area contributed by atoms with Gasteiger partial charge in [0.1, 0.15) is 0 Å². The molecule has 2 unspecified atom stereocenters.